The molecule has 0 amide bonds. The quantitative estimate of drug-likeness (QED) is 0.347. The molecule has 0 saturated carbocycles. The minimum absolute atomic E-state index is 0.0414. The van der Waals surface area contributed by atoms with Crippen LogP contribution in [0.25, 0.3) is 10.8 Å². The molecule has 5 heteroatoms. The van der Waals surface area contributed by atoms with Gasteiger partial charge in [-0.1, -0.05) is 18.2 Å². The van der Waals surface area contributed by atoms with Crippen LogP contribution in [-0.2, 0) is 4.79 Å². The number of esters is 1. The lowest BCUT2D eigenvalue weighted by Crippen LogP contribution is -2.34. The van der Waals surface area contributed by atoms with E-state index in [4.69, 9.17) is 15.9 Å². The Morgan fingerprint density at radius 3 is 2.71 bits per heavy atom. The Morgan fingerprint density at radius 1 is 1.24 bits per heavy atom. The molecule has 5 nitrogen and oxygen atoms in total. The number of hydrogen-bond acceptors (Lipinski definition) is 4. The maximum Gasteiger partial charge on any atom is 0.328 e. The molecule has 21 heavy (non-hydrogen) atoms. The van der Waals surface area contributed by atoms with Crippen LogP contribution in [-0.4, -0.2) is 24.4 Å². The Hall–Kier alpha value is -2.40. The van der Waals surface area contributed by atoms with Gasteiger partial charge in [-0.15, -0.1) is 0 Å². The zero-order chi connectivity index (χ0) is 14.8. The van der Waals surface area contributed by atoms with Crippen molar-refractivity contribution < 1.29 is 9.53 Å². The summed E-state index contributed by atoms with van der Waals surface area (Å²) in [5.41, 5.74) is 6.16. The largest absolute Gasteiger partial charge is 0.425 e. The molecule has 0 aliphatic carbocycles. The van der Waals surface area contributed by atoms with E-state index in [1.807, 2.05) is 24.3 Å². The molecule has 1 fully saturated rings. The number of ether oxygens (including phenoxy) is 1. The maximum absolute atomic E-state index is 12.0. The summed E-state index contributed by atoms with van der Waals surface area (Å²) in [5.74, 6) is 0.351. The number of carbonyl (C=O) groups excluding carboxylic acids is 1. The third-order valence-electron chi connectivity index (χ3n) is 3.69. The van der Waals surface area contributed by atoms with Crippen LogP contribution < -0.4 is 15.8 Å². The van der Waals surface area contributed by atoms with Gasteiger partial charge in [0.15, 0.2) is 0 Å². The second kappa shape index (κ2) is 5.54. The standard InChI is InChI=1S/C16H17N3O2/c17-15(18)12-4-3-11-9-13(6-5-10(11)8-12)21-16(20)14-2-1-7-19-14/h3-6,8-9,14,19H,1-2,7H2,(H3,17,18). The Balaban J connectivity index is 1.82. The molecule has 1 aliphatic rings. The summed E-state index contributed by atoms with van der Waals surface area (Å²) >= 11 is 0. The number of rotatable bonds is 3. The smallest absolute Gasteiger partial charge is 0.328 e. The summed E-state index contributed by atoms with van der Waals surface area (Å²) in [5, 5.41) is 12.5. The molecule has 3 rings (SSSR count). The van der Waals surface area contributed by atoms with Crippen molar-refractivity contribution in [2.45, 2.75) is 18.9 Å². The van der Waals surface area contributed by atoms with Gasteiger partial charge in [0.25, 0.3) is 0 Å². The summed E-state index contributed by atoms with van der Waals surface area (Å²) in [4.78, 5) is 12.0. The third kappa shape index (κ3) is 2.87. The molecule has 1 saturated heterocycles. The second-order valence-corrected chi connectivity index (χ2v) is 5.21. The third-order valence-corrected chi connectivity index (χ3v) is 3.69. The minimum Gasteiger partial charge on any atom is -0.425 e. The van der Waals surface area contributed by atoms with Crippen LogP contribution in [0.2, 0.25) is 0 Å². The van der Waals surface area contributed by atoms with Gasteiger partial charge in [-0.3, -0.25) is 5.41 Å². The Labute approximate surface area is 122 Å². The SMILES string of the molecule is N=C(N)c1ccc2cc(OC(=O)C3CCCN3)ccc2c1. The van der Waals surface area contributed by atoms with Crippen LogP contribution in [0.4, 0.5) is 0 Å². The molecule has 1 heterocycles. The van der Waals surface area contributed by atoms with E-state index in [9.17, 15) is 4.79 Å². The number of nitrogens with one attached hydrogen (secondary N) is 2. The molecule has 4 N–H and O–H groups in total. The van der Waals surface area contributed by atoms with Gasteiger partial charge >= 0.3 is 5.97 Å². The number of amidine groups is 1. The van der Waals surface area contributed by atoms with E-state index in [2.05, 4.69) is 5.32 Å². The van der Waals surface area contributed by atoms with E-state index < -0.39 is 0 Å². The second-order valence-electron chi connectivity index (χ2n) is 5.21. The number of nitrogen functional groups attached to an aromatic ring is 1. The summed E-state index contributed by atoms with van der Waals surface area (Å²) in [6.45, 7) is 0.866. The number of benzene rings is 2. The van der Waals surface area contributed by atoms with Crippen molar-refractivity contribution >= 4 is 22.6 Å². The minimum atomic E-state index is -0.229. The number of hydrogen-bond donors (Lipinski definition) is 3. The fourth-order valence-electron chi connectivity index (χ4n) is 2.53. The fraction of sp³-hybridized carbons (Fsp3) is 0.250. The highest BCUT2D eigenvalue weighted by molar-refractivity contribution is 5.99. The predicted molar refractivity (Wildman–Crippen MR) is 81.6 cm³/mol. The first-order valence-corrected chi connectivity index (χ1v) is 6.97. The van der Waals surface area contributed by atoms with Gasteiger partial charge in [-0.2, -0.15) is 0 Å². The zero-order valence-electron chi connectivity index (χ0n) is 11.6. The lowest BCUT2D eigenvalue weighted by molar-refractivity contribution is -0.136. The van der Waals surface area contributed by atoms with Gasteiger partial charge in [0.2, 0.25) is 0 Å². The normalized spacial score (nSPS) is 17.8. The summed E-state index contributed by atoms with van der Waals surface area (Å²) in [7, 11) is 0. The Morgan fingerprint density at radius 2 is 2.00 bits per heavy atom. The van der Waals surface area contributed by atoms with Gasteiger partial charge in [0, 0.05) is 5.56 Å². The van der Waals surface area contributed by atoms with Gasteiger partial charge < -0.3 is 15.8 Å². The fourth-order valence-corrected chi connectivity index (χ4v) is 2.53. The van der Waals surface area contributed by atoms with E-state index in [1.165, 1.54) is 0 Å². The lowest BCUT2D eigenvalue weighted by atomic mass is 10.1. The first-order chi connectivity index (χ1) is 10.1. The van der Waals surface area contributed by atoms with Crippen LogP contribution >= 0.6 is 0 Å². The van der Waals surface area contributed by atoms with Crippen molar-refractivity contribution in [3.05, 3.63) is 42.0 Å². The molecule has 2 aromatic rings. The molecule has 1 aliphatic heterocycles. The van der Waals surface area contributed by atoms with Crippen LogP contribution in [0.3, 0.4) is 0 Å². The molecule has 1 atom stereocenters. The highest BCUT2D eigenvalue weighted by atomic mass is 16.5. The number of nitrogens with two attached hydrogens (primary N) is 1. The van der Waals surface area contributed by atoms with E-state index in [-0.39, 0.29) is 17.8 Å². The van der Waals surface area contributed by atoms with E-state index in [0.717, 1.165) is 30.2 Å². The monoisotopic (exact) mass is 283 g/mol. The molecule has 0 radical (unpaired) electrons. The number of fused-ring (bicyclic) bond motifs is 1. The first kappa shape index (κ1) is 13.6. The molecule has 0 aromatic heterocycles. The average molecular weight is 283 g/mol. The maximum atomic E-state index is 12.0. The van der Waals surface area contributed by atoms with E-state index >= 15 is 0 Å². The van der Waals surface area contributed by atoms with Crippen LogP contribution in [0.5, 0.6) is 5.75 Å². The van der Waals surface area contributed by atoms with E-state index in [0.29, 0.717) is 11.3 Å². The Kier molecular flexibility index (Phi) is 3.58. The zero-order valence-corrected chi connectivity index (χ0v) is 11.6. The van der Waals surface area contributed by atoms with Crippen molar-refractivity contribution in [2.75, 3.05) is 6.54 Å². The van der Waals surface area contributed by atoms with Crippen molar-refractivity contribution in [1.82, 2.24) is 5.32 Å². The molecule has 0 spiro atoms. The predicted octanol–water partition coefficient (Wildman–Crippen LogP) is 1.78. The summed E-state index contributed by atoms with van der Waals surface area (Å²) < 4.78 is 5.42. The molecule has 108 valence electrons. The van der Waals surface area contributed by atoms with Crippen molar-refractivity contribution in [3.63, 3.8) is 0 Å². The van der Waals surface area contributed by atoms with Crippen LogP contribution in [0, 0.1) is 5.41 Å². The van der Waals surface area contributed by atoms with Crippen LogP contribution in [0.15, 0.2) is 36.4 Å². The molecular weight excluding hydrogens is 266 g/mol. The van der Waals surface area contributed by atoms with Gasteiger partial charge in [0.1, 0.15) is 17.6 Å². The molecule has 0 bridgehead atoms. The topological polar surface area (TPSA) is 88.2 Å². The highest BCUT2D eigenvalue weighted by Gasteiger charge is 2.23. The highest BCUT2D eigenvalue weighted by Crippen LogP contribution is 2.23. The van der Waals surface area contributed by atoms with Gasteiger partial charge in [-0.25, -0.2) is 4.79 Å². The van der Waals surface area contributed by atoms with Crippen molar-refractivity contribution in [3.8, 4) is 5.75 Å². The summed E-state index contributed by atoms with van der Waals surface area (Å²) in [6, 6.07) is 10.8. The lowest BCUT2D eigenvalue weighted by Gasteiger charge is -2.10. The van der Waals surface area contributed by atoms with Gasteiger partial charge in [-0.05, 0) is 48.4 Å². The first-order valence-electron chi connectivity index (χ1n) is 6.97. The van der Waals surface area contributed by atoms with E-state index in [1.54, 1.807) is 12.1 Å². The number of carbonyl (C=O) groups is 1. The van der Waals surface area contributed by atoms with Crippen LogP contribution in [0.1, 0.15) is 18.4 Å². The van der Waals surface area contributed by atoms with Crippen molar-refractivity contribution in [1.29, 1.82) is 5.41 Å². The molecule has 1 unspecified atom stereocenters. The van der Waals surface area contributed by atoms with Crippen molar-refractivity contribution in [2.24, 2.45) is 5.73 Å². The summed E-state index contributed by atoms with van der Waals surface area (Å²) in [6.07, 6.45) is 1.83. The molecule has 2 aromatic carbocycles. The van der Waals surface area contributed by atoms with Gasteiger partial charge in [0.05, 0.1) is 0 Å². The molecular formula is C16H17N3O2. The average Bonchev–Trinajstić information content (AvgIpc) is 3.01. The Bertz CT molecular complexity index is 706.